The van der Waals surface area contributed by atoms with Crippen molar-refractivity contribution >= 4 is 33.0 Å². The molecule has 1 aromatic carbocycles. The van der Waals surface area contributed by atoms with Gasteiger partial charge in [-0.15, -0.1) is 11.3 Å². The number of thiophene rings is 1. The van der Waals surface area contributed by atoms with E-state index < -0.39 is 15.9 Å². The van der Waals surface area contributed by atoms with Gasteiger partial charge in [0.25, 0.3) is 0 Å². The third kappa shape index (κ3) is 5.02. The van der Waals surface area contributed by atoms with Crippen molar-refractivity contribution in [3.05, 3.63) is 46.2 Å². The van der Waals surface area contributed by atoms with E-state index in [1.54, 1.807) is 13.0 Å². The van der Waals surface area contributed by atoms with Crippen LogP contribution in [0.5, 0.6) is 0 Å². The number of aromatic nitrogens is 2. The minimum atomic E-state index is -3.75. The first kappa shape index (κ1) is 23.6. The van der Waals surface area contributed by atoms with Gasteiger partial charge in [-0.2, -0.15) is 9.29 Å². The molecule has 1 saturated heterocycles. The summed E-state index contributed by atoms with van der Waals surface area (Å²) in [4.78, 5) is 18.8. The summed E-state index contributed by atoms with van der Waals surface area (Å²) < 4.78 is 33.5. The maximum atomic E-state index is 13.5. The SMILES string of the molecule is CCc1nc(-c2cc(S(=O)(=O)N3CCC[C@H](C(=O)Nc4cc(C)cc(C)c4)C3)c(C)s2)no1. The summed E-state index contributed by atoms with van der Waals surface area (Å²) in [5, 5.41) is 6.92. The molecular weight excluding hydrogens is 460 g/mol. The lowest BCUT2D eigenvalue weighted by Crippen LogP contribution is -2.43. The zero-order valence-electron chi connectivity index (χ0n) is 19.2. The number of nitrogens with zero attached hydrogens (tertiary/aromatic N) is 3. The second-order valence-electron chi connectivity index (χ2n) is 8.46. The Hall–Kier alpha value is -2.56. The third-order valence-electron chi connectivity index (χ3n) is 5.73. The maximum Gasteiger partial charge on any atom is 0.244 e. The third-order valence-corrected chi connectivity index (χ3v) is 8.89. The largest absolute Gasteiger partial charge is 0.339 e. The highest BCUT2D eigenvalue weighted by Gasteiger charge is 2.35. The summed E-state index contributed by atoms with van der Waals surface area (Å²) in [6.07, 6.45) is 1.89. The molecular formula is C23H28N4O4S2. The molecule has 10 heteroatoms. The van der Waals surface area contributed by atoms with Crippen molar-refractivity contribution in [1.82, 2.24) is 14.4 Å². The van der Waals surface area contributed by atoms with Crippen molar-refractivity contribution < 1.29 is 17.7 Å². The van der Waals surface area contributed by atoms with Crippen molar-refractivity contribution in [3.8, 4) is 10.7 Å². The van der Waals surface area contributed by atoms with Gasteiger partial charge in [-0.3, -0.25) is 4.79 Å². The molecule has 3 aromatic rings. The van der Waals surface area contributed by atoms with Crippen LogP contribution in [-0.4, -0.2) is 41.9 Å². The zero-order valence-corrected chi connectivity index (χ0v) is 20.8. The maximum absolute atomic E-state index is 13.5. The summed E-state index contributed by atoms with van der Waals surface area (Å²) in [5.41, 5.74) is 2.87. The summed E-state index contributed by atoms with van der Waals surface area (Å²) in [6, 6.07) is 7.49. The van der Waals surface area contributed by atoms with Gasteiger partial charge < -0.3 is 9.84 Å². The topological polar surface area (TPSA) is 105 Å². The number of benzene rings is 1. The number of hydrogen-bond acceptors (Lipinski definition) is 7. The van der Waals surface area contributed by atoms with E-state index in [0.717, 1.165) is 16.8 Å². The molecule has 1 aliphatic heterocycles. The molecule has 1 amide bonds. The van der Waals surface area contributed by atoms with E-state index in [1.165, 1.54) is 15.6 Å². The summed E-state index contributed by atoms with van der Waals surface area (Å²) in [5.74, 6) is 0.346. The molecule has 0 unspecified atom stereocenters. The summed E-state index contributed by atoms with van der Waals surface area (Å²) in [7, 11) is -3.75. The van der Waals surface area contributed by atoms with Crippen LogP contribution in [0.4, 0.5) is 5.69 Å². The van der Waals surface area contributed by atoms with Crippen molar-refractivity contribution in [2.24, 2.45) is 5.92 Å². The van der Waals surface area contributed by atoms with E-state index >= 15 is 0 Å². The van der Waals surface area contributed by atoms with Crippen molar-refractivity contribution in [2.75, 3.05) is 18.4 Å². The summed E-state index contributed by atoms with van der Waals surface area (Å²) in [6.45, 7) is 8.19. The molecule has 0 spiro atoms. The van der Waals surface area contributed by atoms with Crippen LogP contribution in [0.25, 0.3) is 10.7 Å². The van der Waals surface area contributed by atoms with Gasteiger partial charge >= 0.3 is 0 Å². The molecule has 2 aromatic heterocycles. The van der Waals surface area contributed by atoms with Crippen LogP contribution in [0.1, 0.15) is 41.7 Å². The van der Waals surface area contributed by atoms with E-state index in [-0.39, 0.29) is 17.3 Å². The van der Waals surface area contributed by atoms with Crippen LogP contribution in [0, 0.1) is 26.7 Å². The van der Waals surface area contributed by atoms with E-state index in [0.29, 0.717) is 47.3 Å². The Kier molecular flexibility index (Phi) is 6.69. The van der Waals surface area contributed by atoms with E-state index in [9.17, 15) is 13.2 Å². The first-order valence-corrected chi connectivity index (χ1v) is 13.3. The number of carbonyl (C=O) groups is 1. The number of carbonyl (C=O) groups excluding carboxylic acids is 1. The van der Waals surface area contributed by atoms with Crippen LogP contribution < -0.4 is 5.32 Å². The fourth-order valence-corrected chi connectivity index (χ4v) is 7.14. The Morgan fingerprint density at radius 2 is 1.94 bits per heavy atom. The number of sulfonamides is 1. The predicted molar refractivity (Wildman–Crippen MR) is 128 cm³/mol. The van der Waals surface area contributed by atoms with Gasteiger partial charge in [0, 0.05) is 30.1 Å². The van der Waals surface area contributed by atoms with Crippen molar-refractivity contribution in [3.63, 3.8) is 0 Å². The van der Waals surface area contributed by atoms with Crippen LogP contribution in [0.2, 0.25) is 0 Å². The standard InChI is InChI=1S/C23H28N4O4S2/c1-5-21-25-22(26-31-21)19-12-20(16(4)32-19)33(29,30)27-8-6-7-17(13-27)23(28)24-18-10-14(2)9-15(3)11-18/h9-12,17H,5-8,13H2,1-4H3,(H,24,28)/t17-/m0/s1. The molecule has 1 N–H and O–H groups in total. The van der Waals surface area contributed by atoms with E-state index in [4.69, 9.17) is 4.52 Å². The van der Waals surface area contributed by atoms with Crippen LogP contribution >= 0.6 is 11.3 Å². The Labute approximate surface area is 198 Å². The van der Waals surface area contributed by atoms with Gasteiger partial charge in [0.1, 0.15) is 0 Å². The average Bonchev–Trinajstić information content (AvgIpc) is 3.40. The number of anilines is 1. The normalized spacial score (nSPS) is 17.3. The van der Waals surface area contributed by atoms with Crippen molar-refractivity contribution in [2.45, 2.75) is 51.9 Å². The predicted octanol–water partition coefficient (Wildman–Crippen LogP) is 4.33. The quantitative estimate of drug-likeness (QED) is 0.554. The summed E-state index contributed by atoms with van der Waals surface area (Å²) >= 11 is 1.32. The first-order chi connectivity index (χ1) is 15.7. The number of rotatable bonds is 6. The molecule has 8 nitrogen and oxygen atoms in total. The fraction of sp³-hybridized carbons (Fsp3) is 0.435. The van der Waals surface area contributed by atoms with Gasteiger partial charge in [-0.05, 0) is 62.9 Å². The molecule has 0 aliphatic carbocycles. The number of aryl methyl sites for hydroxylation is 4. The number of hydrogen-bond donors (Lipinski definition) is 1. The van der Waals surface area contributed by atoms with Crippen LogP contribution in [0.3, 0.4) is 0 Å². The molecule has 1 fully saturated rings. The van der Waals surface area contributed by atoms with Gasteiger partial charge in [-0.1, -0.05) is 18.1 Å². The lowest BCUT2D eigenvalue weighted by molar-refractivity contribution is -0.120. The molecule has 4 rings (SSSR count). The van der Waals surface area contributed by atoms with Gasteiger partial charge in [0.15, 0.2) is 0 Å². The number of piperidine rings is 1. The minimum absolute atomic E-state index is 0.151. The van der Waals surface area contributed by atoms with Gasteiger partial charge in [-0.25, -0.2) is 8.42 Å². The fourth-order valence-electron chi connectivity index (χ4n) is 4.14. The Balaban J connectivity index is 1.52. The monoisotopic (exact) mass is 488 g/mol. The molecule has 0 radical (unpaired) electrons. The molecule has 1 atom stereocenters. The molecule has 1 aliphatic rings. The van der Waals surface area contributed by atoms with E-state index in [2.05, 4.69) is 15.5 Å². The second kappa shape index (κ2) is 9.36. The first-order valence-electron chi connectivity index (χ1n) is 11.0. The highest BCUT2D eigenvalue weighted by Crippen LogP contribution is 2.35. The van der Waals surface area contributed by atoms with Gasteiger partial charge in [0.05, 0.1) is 15.7 Å². The van der Waals surface area contributed by atoms with Crippen molar-refractivity contribution in [1.29, 1.82) is 0 Å². The molecule has 3 heterocycles. The van der Waals surface area contributed by atoms with Crippen LogP contribution in [0.15, 0.2) is 33.7 Å². The number of nitrogens with one attached hydrogen (secondary N) is 1. The molecule has 176 valence electrons. The highest BCUT2D eigenvalue weighted by atomic mass is 32.2. The minimum Gasteiger partial charge on any atom is -0.339 e. The average molecular weight is 489 g/mol. The van der Waals surface area contributed by atoms with E-state index in [1.807, 2.05) is 39.0 Å². The zero-order chi connectivity index (χ0) is 23.8. The molecule has 0 saturated carbocycles. The van der Waals surface area contributed by atoms with Crippen LogP contribution in [-0.2, 0) is 21.2 Å². The van der Waals surface area contributed by atoms with Gasteiger partial charge in [0.2, 0.25) is 27.6 Å². The second-order valence-corrected chi connectivity index (χ2v) is 11.6. The highest BCUT2D eigenvalue weighted by molar-refractivity contribution is 7.89. The lowest BCUT2D eigenvalue weighted by Gasteiger charge is -2.31. The Morgan fingerprint density at radius 1 is 1.21 bits per heavy atom. The Morgan fingerprint density at radius 3 is 2.61 bits per heavy atom. The lowest BCUT2D eigenvalue weighted by atomic mass is 9.98. The Bertz CT molecular complexity index is 1260. The molecule has 0 bridgehead atoms. The smallest absolute Gasteiger partial charge is 0.244 e. The number of amides is 1. The molecule has 33 heavy (non-hydrogen) atoms.